The highest BCUT2D eigenvalue weighted by molar-refractivity contribution is 5.82. The van der Waals surface area contributed by atoms with Crippen LogP contribution in [0.3, 0.4) is 0 Å². The Morgan fingerprint density at radius 1 is 1.44 bits per heavy atom. The molecule has 3 nitrogen and oxygen atoms in total. The van der Waals surface area contributed by atoms with Crippen molar-refractivity contribution in [1.29, 1.82) is 0 Å². The van der Waals surface area contributed by atoms with E-state index in [1.807, 2.05) is 17.0 Å². The van der Waals surface area contributed by atoms with Gasteiger partial charge in [0.05, 0.1) is 19.6 Å². The van der Waals surface area contributed by atoms with Gasteiger partial charge in [-0.15, -0.1) is 0 Å². The molecule has 0 radical (unpaired) electrons. The molecule has 1 aromatic carbocycles. The summed E-state index contributed by atoms with van der Waals surface area (Å²) in [6.45, 7) is 0.926. The third kappa shape index (κ3) is 1.31. The summed E-state index contributed by atoms with van der Waals surface area (Å²) in [5.41, 5.74) is 2.46. The fourth-order valence-electron chi connectivity index (χ4n) is 2.84. The molecule has 2 aliphatic heterocycles. The van der Waals surface area contributed by atoms with E-state index in [0.717, 1.165) is 30.7 Å². The summed E-state index contributed by atoms with van der Waals surface area (Å²) in [5.74, 6) is 1.11. The lowest BCUT2D eigenvalue weighted by Crippen LogP contribution is -2.36. The van der Waals surface area contributed by atoms with Crippen molar-refractivity contribution in [3.63, 3.8) is 0 Å². The maximum absolute atomic E-state index is 11.9. The minimum Gasteiger partial charge on any atom is -0.497 e. The Balaban J connectivity index is 2.06. The molecule has 0 saturated carbocycles. The molecule has 0 aromatic heterocycles. The average Bonchev–Trinajstić information content (AvgIpc) is 2.78. The van der Waals surface area contributed by atoms with Gasteiger partial charge in [-0.2, -0.15) is 0 Å². The van der Waals surface area contributed by atoms with Crippen LogP contribution < -0.4 is 4.74 Å². The normalized spacial score (nSPS) is 22.9. The van der Waals surface area contributed by atoms with Gasteiger partial charge in [-0.3, -0.25) is 4.79 Å². The van der Waals surface area contributed by atoms with Crippen LogP contribution in [0.25, 0.3) is 0 Å². The molecule has 16 heavy (non-hydrogen) atoms. The zero-order valence-corrected chi connectivity index (χ0v) is 9.40. The molecule has 1 aromatic rings. The van der Waals surface area contributed by atoms with Crippen LogP contribution in [0.4, 0.5) is 0 Å². The van der Waals surface area contributed by atoms with Gasteiger partial charge in [-0.1, -0.05) is 6.07 Å². The van der Waals surface area contributed by atoms with Gasteiger partial charge in [0.1, 0.15) is 5.75 Å². The van der Waals surface area contributed by atoms with Crippen LogP contribution in [-0.4, -0.2) is 24.5 Å². The molecule has 1 fully saturated rings. The maximum atomic E-state index is 11.9. The van der Waals surface area contributed by atoms with Crippen molar-refractivity contribution >= 4 is 5.91 Å². The van der Waals surface area contributed by atoms with Crippen molar-refractivity contribution in [2.75, 3.05) is 13.7 Å². The van der Waals surface area contributed by atoms with E-state index < -0.39 is 0 Å². The molecule has 2 heterocycles. The minimum absolute atomic E-state index is 0.267. The molecule has 0 N–H and O–H groups in total. The molecule has 1 atom stereocenters. The monoisotopic (exact) mass is 217 g/mol. The number of amides is 1. The summed E-state index contributed by atoms with van der Waals surface area (Å²) < 4.78 is 5.20. The van der Waals surface area contributed by atoms with Gasteiger partial charge in [0, 0.05) is 6.54 Å². The number of ether oxygens (including phenoxy) is 1. The Kier molecular flexibility index (Phi) is 2.13. The predicted molar refractivity (Wildman–Crippen MR) is 60.4 cm³/mol. The molecule has 1 unspecified atom stereocenters. The molecule has 0 spiro atoms. The highest BCUT2D eigenvalue weighted by atomic mass is 16.5. The number of carbonyl (C=O) groups excluding carboxylic acids is 1. The summed E-state index contributed by atoms with van der Waals surface area (Å²) in [7, 11) is 1.66. The Hall–Kier alpha value is -1.51. The smallest absolute Gasteiger partial charge is 0.227 e. The number of hydrogen-bond donors (Lipinski definition) is 0. The van der Waals surface area contributed by atoms with Gasteiger partial charge in [0.15, 0.2) is 0 Å². The number of benzene rings is 1. The van der Waals surface area contributed by atoms with Gasteiger partial charge in [-0.25, -0.2) is 0 Å². The second kappa shape index (κ2) is 3.51. The van der Waals surface area contributed by atoms with Gasteiger partial charge < -0.3 is 9.64 Å². The standard InChI is InChI=1S/C13H15NO2/c1-16-10-4-5-11-9(7-10)8-13(15)14-6-2-3-12(11)14/h4-5,7,12H,2-3,6,8H2,1H3. The second-order valence-electron chi connectivity index (χ2n) is 4.49. The lowest BCUT2D eigenvalue weighted by molar-refractivity contribution is -0.132. The van der Waals surface area contributed by atoms with Crippen molar-refractivity contribution in [2.45, 2.75) is 25.3 Å². The summed E-state index contributed by atoms with van der Waals surface area (Å²) in [4.78, 5) is 13.9. The van der Waals surface area contributed by atoms with E-state index in [0.29, 0.717) is 12.5 Å². The van der Waals surface area contributed by atoms with Crippen LogP contribution in [-0.2, 0) is 11.2 Å². The van der Waals surface area contributed by atoms with E-state index in [9.17, 15) is 4.79 Å². The maximum Gasteiger partial charge on any atom is 0.227 e. The van der Waals surface area contributed by atoms with E-state index in [1.165, 1.54) is 5.56 Å². The first kappa shape index (κ1) is 9.70. The summed E-state index contributed by atoms with van der Waals surface area (Å²) >= 11 is 0. The molecule has 0 bridgehead atoms. The quantitative estimate of drug-likeness (QED) is 0.719. The third-order valence-electron chi connectivity index (χ3n) is 3.62. The van der Waals surface area contributed by atoms with Crippen molar-refractivity contribution in [3.8, 4) is 5.75 Å². The third-order valence-corrected chi connectivity index (χ3v) is 3.62. The molecule has 2 aliphatic rings. The lowest BCUT2D eigenvalue weighted by Gasteiger charge is -2.31. The van der Waals surface area contributed by atoms with Crippen molar-refractivity contribution in [3.05, 3.63) is 29.3 Å². The van der Waals surface area contributed by atoms with Gasteiger partial charge in [-0.05, 0) is 36.1 Å². The van der Waals surface area contributed by atoms with Crippen molar-refractivity contribution in [1.82, 2.24) is 4.90 Å². The fraction of sp³-hybridized carbons (Fsp3) is 0.462. The number of hydrogen-bond acceptors (Lipinski definition) is 2. The number of carbonyl (C=O) groups is 1. The topological polar surface area (TPSA) is 29.5 Å². The van der Waals surface area contributed by atoms with Crippen LogP contribution in [0.15, 0.2) is 18.2 Å². The first-order valence-electron chi connectivity index (χ1n) is 5.76. The van der Waals surface area contributed by atoms with E-state index in [2.05, 4.69) is 6.07 Å². The molecular weight excluding hydrogens is 202 g/mol. The van der Waals surface area contributed by atoms with Crippen LogP contribution in [0.2, 0.25) is 0 Å². The molecule has 0 aliphatic carbocycles. The zero-order valence-electron chi connectivity index (χ0n) is 9.40. The molecule has 1 saturated heterocycles. The summed E-state index contributed by atoms with van der Waals surface area (Å²) in [6.07, 6.45) is 2.76. The molecule has 1 amide bonds. The van der Waals surface area contributed by atoms with Crippen LogP contribution >= 0.6 is 0 Å². The highest BCUT2D eigenvalue weighted by Crippen LogP contribution is 2.39. The van der Waals surface area contributed by atoms with Gasteiger partial charge >= 0.3 is 0 Å². The van der Waals surface area contributed by atoms with Gasteiger partial charge in [0.25, 0.3) is 0 Å². The summed E-state index contributed by atoms with van der Waals surface area (Å²) in [6, 6.07) is 6.43. The summed E-state index contributed by atoms with van der Waals surface area (Å²) in [5, 5.41) is 0. The second-order valence-corrected chi connectivity index (χ2v) is 4.49. The molecular formula is C13H15NO2. The molecule has 3 rings (SSSR count). The van der Waals surface area contributed by atoms with Crippen LogP contribution in [0, 0.1) is 0 Å². The SMILES string of the molecule is COc1ccc2c(c1)CC(=O)N1CCCC21. The number of methoxy groups -OCH3 is 1. The largest absolute Gasteiger partial charge is 0.497 e. The van der Waals surface area contributed by atoms with Crippen LogP contribution in [0.5, 0.6) is 5.75 Å². The Morgan fingerprint density at radius 3 is 3.12 bits per heavy atom. The van der Waals surface area contributed by atoms with E-state index in [4.69, 9.17) is 4.74 Å². The number of nitrogens with zero attached hydrogens (tertiary/aromatic N) is 1. The molecule has 3 heteroatoms. The van der Waals surface area contributed by atoms with Crippen molar-refractivity contribution < 1.29 is 9.53 Å². The predicted octanol–water partition coefficient (Wildman–Crippen LogP) is 1.91. The molecule has 84 valence electrons. The first-order valence-corrected chi connectivity index (χ1v) is 5.76. The van der Waals surface area contributed by atoms with E-state index in [-0.39, 0.29) is 5.91 Å². The lowest BCUT2D eigenvalue weighted by atomic mass is 9.92. The van der Waals surface area contributed by atoms with E-state index >= 15 is 0 Å². The van der Waals surface area contributed by atoms with Crippen molar-refractivity contribution in [2.24, 2.45) is 0 Å². The van der Waals surface area contributed by atoms with Crippen LogP contribution in [0.1, 0.15) is 30.0 Å². The Bertz CT molecular complexity index is 442. The van der Waals surface area contributed by atoms with E-state index in [1.54, 1.807) is 7.11 Å². The highest BCUT2D eigenvalue weighted by Gasteiger charge is 2.35. The fourth-order valence-corrected chi connectivity index (χ4v) is 2.84. The van der Waals surface area contributed by atoms with Gasteiger partial charge in [0.2, 0.25) is 5.91 Å². The average molecular weight is 217 g/mol. The Morgan fingerprint density at radius 2 is 2.31 bits per heavy atom. The number of fused-ring (bicyclic) bond motifs is 3. The Labute approximate surface area is 95.0 Å². The minimum atomic E-state index is 0.267. The first-order chi connectivity index (χ1) is 7.79. The number of rotatable bonds is 1. The zero-order chi connectivity index (χ0) is 11.1.